The summed E-state index contributed by atoms with van der Waals surface area (Å²) in [5.41, 5.74) is 4.37. The van der Waals surface area contributed by atoms with E-state index in [9.17, 15) is 0 Å². The lowest BCUT2D eigenvalue weighted by Gasteiger charge is -2.12. The zero-order chi connectivity index (χ0) is 7.28. The summed E-state index contributed by atoms with van der Waals surface area (Å²) >= 11 is 0. The largest absolute Gasteiger partial charge is 0.319 e. The average Bonchev–Trinajstić information content (AvgIpc) is 1.87. The van der Waals surface area contributed by atoms with Crippen LogP contribution in [0.15, 0.2) is 11.8 Å². The third-order valence-corrected chi connectivity index (χ3v) is 1.32. The summed E-state index contributed by atoms with van der Waals surface area (Å²) in [5.74, 6) is 0. The normalized spacial score (nSPS) is 11.8. The molecule has 2 nitrogen and oxygen atoms in total. The molecule has 0 bridgehead atoms. The number of rotatable bonds is 3. The smallest absolute Gasteiger partial charge is 0.0225 e. The van der Waals surface area contributed by atoms with E-state index in [0.717, 1.165) is 6.42 Å². The summed E-state index contributed by atoms with van der Waals surface area (Å²) in [6, 6.07) is 0. The van der Waals surface area contributed by atoms with Gasteiger partial charge in [-0.05, 0) is 13.3 Å². The Kier molecular flexibility index (Phi) is 4.14. The van der Waals surface area contributed by atoms with Crippen molar-refractivity contribution in [1.29, 1.82) is 0 Å². The molecule has 0 atom stereocenters. The van der Waals surface area contributed by atoms with Gasteiger partial charge >= 0.3 is 0 Å². The monoisotopic (exact) mass is 128 g/mol. The second-order valence-electron chi connectivity index (χ2n) is 2.16. The topological polar surface area (TPSA) is 15.3 Å². The van der Waals surface area contributed by atoms with E-state index in [4.69, 9.17) is 0 Å². The molecule has 0 spiro atoms. The minimum Gasteiger partial charge on any atom is -0.319 e. The van der Waals surface area contributed by atoms with Gasteiger partial charge in [0.05, 0.1) is 0 Å². The van der Waals surface area contributed by atoms with Crippen molar-refractivity contribution in [3.63, 3.8) is 0 Å². The van der Waals surface area contributed by atoms with Gasteiger partial charge < -0.3 is 5.01 Å². The van der Waals surface area contributed by atoms with Gasteiger partial charge in [-0.15, -0.1) is 0 Å². The van der Waals surface area contributed by atoms with Crippen LogP contribution in [0.1, 0.15) is 20.3 Å². The molecule has 0 aromatic rings. The van der Waals surface area contributed by atoms with Crippen LogP contribution < -0.4 is 5.43 Å². The molecule has 0 aliphatic heterocycles. The molecule has 9 heavy (non-hydrogen) atoms. The SMILES string of the molecule is CC/C(C)=C\N(C)NC. The van der Waals surface area contributed by atoms with E-state index < -0.39 is 0 Å². The van der Waals surface area contributed by atoms with Crippen LogP contribution in [0.3, 0.4) is 0 Å². The second kappa shape index (κ2) is 4.39. The number of hydrogen-bond acceptors (Lipinski definition) is 2. The van der Waals surface area contributed by atoms with Crippen LogP contribution in [-0.2, 0) is 0 Å². The van der Waals surface area contributed by atoms with Gasteiger partial charge in [-0.25, -0.2) is 5.43 Å². The predicted octanol–water partition coefficient (Wildman–Crippen LogP) is 1.37. The summed E-state index contributed by atoms with van der Waals surface area (Å²) < 4.78 is 0. The van der Waals surface area contributed by atoms with E-state index >= 15 is 0 Å². The summed E-state index contributed by atoms with van der Waals surface area (Å²) in [6.07, 6.45) is 3.20. The van der Waals surface area contributed by atoms with Crippen LogP contribution in [0, 0.1) is 0 Å². The number of nitrogens with one attached hydrogen (secondary N) is 1. The Hall–Kier alpha value is -0.500. The van der Waals surface area contributed by atoms with Crippen molar-refractivity contribution in [3.05, 3.63) is 11.8 Å². The van der Waals surface area contributed by atoms with Gasteiger partial charge in [0.1, 0.15) is 0 Å². The summed E-state index contributed by atoms with van der Waals surface area (Å²) in [6.45, 7) is 4.27. The molecule has 0 heterocycles. The van der Waals surface area contributed by atoms with Gasteiger partial charge in [0.25, 0.3) is 0 Å². The Morgan fingerprint density at radius 3 is 2.56 bits per heavy atom. The molecule has 0 rings (SSSR count). The second-order valence-corrected chi connectivity index (χ2v) is 2.16. The fraction of sp³-hybridized carbons (Fsp3) is 0.714. The quantitative estimate of drug-likeness (QED) is 0.577. The number of allylic oxidation sites excluding steroid dienone is 1. The molecule has 0 unspecified atom stereocenters. The molecule has 0 aromatic carbocycles. The Balaban J connectivity index is 3.64. The lowest BCUT2D eigenvalue weighted by atomic mass is 10.3. The van der Waals surface area contributed by atoms with Gasteiger partial charge in [0.15, 0.2) is 0 Å². The standard InChI is InChI=1S/C7H16N2/c1-5-7(2)6-9(4)8-3/h6,8H,5H2,1-4H3/b7-6-. The third-order valence-electron chi connectivity index (χ3n) is 1.32. The highest BCUT2D eigenvalue weighted by Gasteiger charge is 1.85. The Morgan fingerprint density at radius 1 is 1.67 bits per heavy atom. The van der Waals surface area contributed by atoms with E-state index in [-0.39, 0.29) is 0 Å². The molecular weight excluding hydrogens is 112 g/mol. The first-order valence-corrected chi connectivity index (χ1v) is 3.28. The first kappa shape index (κ1) is 8.50. The number of hydrogen-bond donors (Lipinski definition) is 1. The predicted molar refractivity (Wildman–Crippen MR) is 40.9 cm³/mol. The van der Waals surface area contributed by atoms with Crippen molar-refractivity contribution in [1.82, 2.24) is 10.4 Å². The molecule has 0 amide bonds. The van der Waals surface area contributed by atoms with E-state index in [1.165, 1.54) is 5.57 Å². The highest BCUT2D eigenvalue weighted by Crippen LogP contribution is 1.96. The van der Waals surface area contributed by atoms with Crippen molar-refractivity contribution in [3.8, 4) is 0 Å². The van der Waals surface area contributed by atoms with Gasteiger partial charge in [-0.1, -0.05) is 12.5 Å². The van der Waals surface area contributed by atoms with Crippen LogP contribution in [-0.4, -0.2) is 19.1 Å². The first-order chi connectivity index (χ1) is 4.20. The minimum atomic E-state index is 1.12. The van der Waals surface area contributed by atoms with Crippen molar-refractivity contribution in [2.45, 2.75) is 20.3 Å². The zero-order valence-corrected chi connectivity index (χ0v) is 6.73. The maximum atomic E-state index is 2.99. The van der Waals surface area contributed by atoms with E-state index in [1.807, 2.05) is 19.1 Å². The summed E-state index contributed by atoms with van der Waals surface area (Å²) in [7, 11) is 3.89. The van der Waals surface area contributed by atoms with Crippen molar-refractivity contribution >= 4 is 0 Å². The van der Waals surface area contributed by atoms with Crippen LogP contribution in [0.25, 0.3) is 0 Å². The van der Waals surface area contributed by atoms with Crippen LogP contribution in [0.4, 0.5) is 0 Å². The fourth-order valence-electron chi connectivity index (χ4n) is 0.486. The van der Waals surface area contributed by atoms with Gasteiger partial charge in [-0.3, -0.25) is 0 Å². The molecule has 0 aliphatic carbocycles. The maximum Gasteiger partial charge on any atom is 0.0225 e. The lowest BCUT2D eigenvalue weighted by Crippen LogP contribution is -2.25. The van der Waals surface area contributed by atoms with Crippen LogP contribution in [0.5, 0.6) is 0 Å². The summed E-state index contributed by atoms with van der Waals surface area (Å²) in [4.78, 5) is 0. The first-order valence-electron chi connectivity index (χ1n) is 3.28. The molecule has 0 aromatic heterocycles. The van der Waals surface area contributed by atoms with Crippen molar-refractivity contribution in [2.75, 3.05) is 14.1 Å². The molecule has 54 valence electrons. The van der Waals surface area contributed by atoms with Crippen molar-refractivity contribution in [2.24, 2.45) is 0 Å². The molecule has 0 aliphatic rings. The number of nitrogens with zero attached hydrogens (tertiary/aromatic N) is 1. The molecule has 0 radical (unpaired) electrons. The van der Waals surface area contributed by atoms with Gasteiger partial charge in [0, 0.05) is 20.3 Å². The Bertz CT molecular complexity index is 97.1. The molecule has 2 heteroatoms. The molecule has 1 N–H and O–H groups in total. The average molecular weight is 128 g/mol. The van der Waals surface area contributed by atoms with Crippen LogP contribution in [0.2, 0.25) is 0 Å². The van der Waals surface area contributed by atoms with E-state index in [0.29, 0.717) is 0 Å². The Labute approximate surface area is 57.5 Å². The minimum absolute atomic E-state index is 1.12. The molecular formula is C7H16N2. The molecule has 0 saturated carbocycles. The lowest BCUT2D eigenvalue weighted by molar-refractivity contribution is 0.361. The van der Waals surface area contributed by atoms with E-state index in [1.54, 1.807) is 0 Å². The molecule has 0 saturated heterocycles. The van der Waals surface area contributed by atoms with Crippen molar-refractivity contribution < 1.29 is 0 Å². The summed E-state index contributed by atoms with van der Waals surface area (Å²) in [5, 5.41) is 1.94. The van der Waals surface area contributed by atoms with Gasteiger partial charge in [0.2, 0.25) is 0 Å². The molecule has 0 fully saturated rings. The maximum absolute atomic E-state index is 2.99. The zero-order valence-electron chi connectivity index (χ0n) is 6.73. The number of hydrazine groups is 1. The fourth-order valence-corrected chi connectivity index (χ4v) is 0.486. The van der Waals surface area contributed by atoms with Crippen LogP contribution >= 0.6 is 0 Å². The highest BCUT2D eigenvalue weighted by molar-refractivity contribution is 4.94. The highest BCUT2D eigenvalue weighted by atomic mass is 15.5. The van der Waals surface area contributed by atoms with Gasteiger partial charge in [-0.2, -0.15) is 0 Å². The third kappa shape index (κ3) is 4.03. The Morgan fingerprint density at radius 2 is 2.22 bits per heavy atom. The van der Waals surface area contributed by atoms with E-state index in [2.05, 4.69) is 25.5 Å².